The fraction of sp³-hybridized carbons (Fsp3) is 0.455. The van der Waals surface area contributed by atoms with Gasteiger partial charge in [0.05, 0.1) is 6.10 Å². The van der Waals surface area contributed by atoms with Gasteiger partial charge in [0.2, 0.25) is 10.0 Å². The van der Waals surface area contributed by atoms with Gasteiger partial charge in [-0.3, -0.25) is 4.79 Å². The first-order valence-corrected chi connectivity index (χ1v) is 12.1. The van der Waals surface area contributed by atoms with E-state index in [9.17, 15) is 18.3 Å². The molecule has 166 valence electrons. The van der Waals surface area contributed by atoms with Crippen molar-refractivity contribution in [3.63, 3.8) is 0 Å². The minimum absolute atomic E-state index is 0.188. The minimum atomic E-state index is -3.60. The number of sulfonamides is 1. The van der Waals surface area contributed by atoms with Gasteiger partial charge in [0.1, 0.15) is 17.6 Å². The van der Waals surface area contributed by atoms with Crippen molar-refractivity contribution in [2.24, 2.45) is 11.7 Å². The van der Waals surface area contributed by atoms with Crippen molar-refractivity contribution < 1.29 is 23.3 Å². The molecule has 2 saturated heterocycles. The largest absolute Gasteiger partial charge is 0.389 e. The smallest absolute Gasteiger partial charge is 0.275 e. The molecule has 0 aliphatic carbocycles. The SMILES string of the molecule is NC(=O)[C@@H]1C[C@H](O)CN1c1ccc(S(=O)(=O)N2CCC(Cc3ccccc3)CC2)c[nH+]1. The minimum Gasteiger partial charge on any atom is -0.389 e. The van der Waals surface area contributed by atoms with Gasteiger partial charge in [0.25, 0.3) is 11.7 Å². The van der Waals surface area contributed by atoms with Crippen LogP contribution in [0, 0.1) is 5.92 Å². The van der Waals surface area contributed by atoms with Crippen molar-refractivity contribution in [1.82, 2.24) is 4.31 Å². The fourth-order valence-corrected chi connectivity index (χ4v) is 5.98. The highest BCUT2D eigenvalue weighted by Crippen LogP contribution is 2.27. The molecule has 0 bridgehead atoms. The van der Waals surface area contributed by atoms with E-state index in [0.29, 0.717) is 24.8 Å². The predicted octanol–water partition coefficient (Wildman–Crippen LogP) is 0.569. The molecule has 0 radical (unpaired) electrons. The number of aliphatic hydroxyl groups excluding tert-OH is 1. The van der Waals surface area contributed by atoms with Crippen molar-refractivity contribution in [1.29, 1.82) is 0 Å². The maximum Gasteiger partial charge on any atom is 0.275 e. The summed E-state index contributed by atoms with van der Waals surface area (Å²) in [6.07, 6.45) is 3.71. The number of aromatic amines is 1. The van der Waals surface area contributed by atoms with Crippen LogP contribution in [0.4, 0.5) is 5.82 Å². The van der Waals surface area contributed by atoms with Crippen molar-refractivity contribution in [2.75, 3.05) is 24.5 Å². The first-order chi connectivity index (χ1) is 14.8. The van der Waals surface area contributed by atoms with E-state index in [0.717, 1.165) is 19.3 Å². The van der Waals surface area contributed by atoms with Crippen LogP contribution in [0.1, 0.15) is 24.8 Å². The summed E-state index contributed by atoms with van der Waals surface area (Å²) in [6, 6.07) is 12.8. The highest BCUT2D eigenvalue weighted by Gasteiger charge is 2.41. The standard InChI is InChI=1S/C22H28N4O4S/c23-22(28)20-13-18(27)15-26(20)21-7-6-19(14-24-21)31(29,30)25-10-8-17(9-11-25)12-16-4-2-1-3-5-16/h1-7,14,17-18,20,27H,8-13,15H2,(H2,23,28)/p+1/t18-,20-/m0/s1. The number of aliphatic hydroxyl groups is 1. The lowest BCUT2D eigenvalue weighted by Crippen LogP contribution is -2.43. The highest BCUT2D eigenvalue weighted by molar-refractivity contribution is 7.89. The number of rotatable bonds is 6. The van der Waals surface area contributed by atoms with E-state index in [2.05, 4.69) is 17.1 Å². The Morgan fingerprint density at radius 3 is 2.45 bits per heavy atom. The number of β-amino-alcohol motifs (C(OH)–C–C–N with tert-alkyl or cyclic N) is 1. The topological polar surface area (TPSA) is 118 Å². The molecule has 0 saturated carbocycles. The number of nitrogens with one attached hydrogen (secondary N) is 1. The van der Waals surface area contributed by atoms with Crippen molar-refractivity contribution in [2.45, 2.75) is 42.7 Å². The average molecular weight is 446 g/mol. The number of nitrogens with two attached hydrogens (primary N) is 1. The van der Waals surface area contributed by atoms with E-state index in [1.807, 2.05) is 18.2 Å². The van der Waals surface area contributed by atoms with Crippen LogP contribution >= 0.6 is 0 Å². The second kappa shape index (κ2) is 8.94. The van der Waals surface area contributed by atoms with Gasteiger partial charge < -0.3 is 10.8 Å². The number of piperidine rings is 1. The van der Waals surface area contributed by atoms with E-state index in [4.69, 9.17) is 5.73 Å². The Bertz CT molecular complexity index is 1010. The van der Waals surface area contributed by atoms with Crippen LogP contribution in [-0.2, 0) is 21.2 Å². The number of carbonyl (C=O) groups excluding carboxylic acids is 1. The molecule has 4 N–H and O–H groups in total. The van der Waals surface area contributed by atoms with Crippen molar-refractivity contribution in [3.8, 4) is 0 Å². The Kier molecular flexibility index (Phi) is 6.27. The number of hydrogen-bond acceptors (Lipinski definition) is 5. The maximum absolute atomic E-state index is 13.1. The number of nitrogens with zero attached hydrogens (tertiary/aromatic N) is 2. The molecule has 31 heavy (non-hydrogen) atoms. The second-order valence-electron chi connectivity index (χ2n) is 8.41. The number of benzene rings is 1. The molecule has 1 aromatic heterocycles. The van der Waals surface area contributed by atoms with E-state index in [1.165, 1.54) is 11.8 Å². The Morgan fingerprint density at radius 2 is 1.84 bits per heavy atom. The molecular weight excluding hydrogens is 416 g/mol. The van der Waals surface area contributed by atoms with Crippen LogP contribution in [0.5, 0.6) is 0 Å². The molecule has 3 heterocycles. The molecule has 1 aromatic carbocycles. The van der Waals surface area contributed by atoms with E-state index in [1.54, 1.807) is 21.3 Å². The molecule has 9 heteroatoms. The third-order valence-electron chi connectivity index (χ3n) is 6.26. The summed E-state index contributed by atoms with van der Waals surface area (Å²) in [5.74, 6) is 0.524. The molecule has 2 aromatic rings. The van der Waals surface area contributed by atoms with Gasteiger partial charge in [-0.2, -0.15) is 4.31 Å². The van der Waals surface area contributed by atoms with Crippen LogP contribution in [0.3, 0.4) is 0 Å². The van der Waals surface area contributed by atoms with Gasteiger partial charge in [-0.1, -0.05) is 30.3 Å². The van der Waals surface area contributed by atoms with Gasteiger partial charge >= 0.3 is 0 Å². The number of H-pyrrole nitrogens is 1. The van der Waals surface area contributed by atoms with Crippen LogP contribution in [0.25, 0.3) is 0 Å². The van der Waals surface area contributed by atoms with Gasteiger partial charge in [-0.25, -0.2) is 18.3 Å². The van der Waals surface area contributed by atoms with Gasteiger partial charge in [0, 0.05) is 25.6 Å². The number of carbonyl (C=O) groups is 1. The monoisotopic (exact) mass is 445 g/mol. The number of primary amides is 1. The summed E-state index contributed by atoms with van der Waals surface area (Å²) in [5.41, 5.74) is 6.72. The third kappa shape index (κ3) is 4.73. The van der Waals surface area contributed by atoms with E-state index < -0.39 is 28.1 Å². The Balaban J connectivity index is 1.41. The lowest BCUT2D eigenvalue weighted by atomic mass is 9.91. The quantitative estimate of drug-likeness (QED) is 0.674. The Labute approximate surface area is 182 Å². The van der Waals surface area contributed by atoms with Crippen LogP contribution < -0.4 is 15.6 Å². The molecule has 2 atom stereocenters. The molecule has 0 spiro atoms. The summed E-state index contributed by atoms with van der Waals surface area (Å²) in [7, 11) is -3.60. The molecule has 2 fully saturated rings. The first kappa shape index (κ1) is 21.7. The van der Waals surface area contributed by atoms with Crippen molar-refractivity contribution in [3.05, 3.63) is 54.2 Å². The first-order valence-electron chi connectivity index (χ1n) is 10.6. The summed E-state index contributed by atoms with van der Waals surface area (Å²) in [5, 5.41) is 9.88. The second-order valence-corrected chi connectivity index (χ2v) is 10.3. The van der Waals surface area contributed by atoms with Gasteiger partial charge in [-0.05, 0) is 36.8 Å². The molecule has 0 unspecified atom stereocenters. The molecular formula is C22H29N4O4S+. The summed E-state index contributed by atoms with van der Waals surface area (Å²) < 4.78 is 27.7. The number of anilines is 1. The van der Waals surface area contributed by atoms with Crippen molar-refractivity contribution >= 4 is 21.7 Å². The zero-order valence-corrected chi connectivity index (χ0v) is 18.2. The lowest BCUT2D eigenvalue weighted by molar-refractivity contribution is -0.367. The number of pyridine rings is 1. The average Bonchev–Trinajstić information content (AvgIpc) is 3.17. The maximum atomic E-state index is 13.1. The van der Waals surface area contributed by atoms with Gasteiger partial charge in [0.15, 0.2) is 6.04 Å². The summed E-state index contributed by atoms with van der Waals surface area (Å²) in [4.78, 5) is 16.5. The number of amides is 1. The van der Waals surface area contributed by atoms with E-state index >= 15 is 0 Å². The Morgan fingerprint density at radius 1 is 1.13 bits per heavy atom. The number of aromatic nitrogens is 1. The van der Waals surface area contributed by atoms with Gasteiger partial charge in [-0.15, -0.1) is 0 Å². The molecule has 8 nitrogen and oxygen atoms in total. The summed E-state index contributed by atoms with van der Waals surface area (Å²) >= 11 is 0. The highest BCUT2D eigenvalue weighted by atomic mass is 32.2. The molecule has 4 rings (SSSR count). The molecule has 2 aliphatic heterocycles. The molecule has 1 amide bonds. The normalized spacial score (nSPS) is 23.2. The molecule has 2 aliphatic rings. The van der Waals surface area contributed by atoms with Crippen LogP contribution in [0.15, 0.2) is 53.6 Å². The zero-order chi connectivity index (χ0) is 22.0. The fourth-order valence-electron chi connectivity index (χ4n) is 4.54. The zero-order valence-electron chi connectivity index (χ0n) is 17.4. The Hall–Kier alpha value is -2.49. The van der Waals surface area contributed by atoms with Crippen LogP contribution in [-0.4, -0.2) is 55.5 Å². The lowest BCUT2D eigenvalue weighted by Gasteiger charge is -2.31. The predicted molar refractivity (Wildman–Crippen MR) is 116 cm³/mol. The van der Waals surface area contributed by atoms with Crippen LogP contribution in [0.2, 0.25) is 0 Å². The number of hydrogen-bond donors (Lipinski definition) is 2. The summed E-state index contributed by atoms with van der Waals surface area (Å²) in [6.45, 7) is 1.28. The van der Waals surface area contributed by atoms with E-state index in [-0.39, 0.29) is 17.9 Å². The third-order valence-corrected chi connectivity index (χ3v) is 8.16.